The highest BCUT2D eigenvalue weighted by molar-refractivity contribution is 5.95. The van der Waals surface area contributed by atoms with E-state index < -0.39 is 0 Å². The summed E-state index contributed by atoms with van der Waals surface area (Å²) in [6, 6.07) is 7.57. The SMILES string of the molecule is Cc1ccccc1C(=O)NCc1c(C)n[nH]c1C. The van der Waals surface area contributed by atoms with Crippen molar-refractivity contribution in [1.82, 2.24) is 15.5 Å². The van der Waals surface area contributed by atoms with Crippen LogP contribution in [0.15, 0.2) is 24.3 Å². The number of nitrogens with one attached hydrogen (secondary N) is 2. The minimum Gasteiger partial charge on any atom is -0.348 e. The highest BCUT2D eigenvalue weighted by Gasteiger charge is 2.10. The van der Waals surface area contributed by atoms with Crippen molar-refractivity contribution in [2.24, 2.45) is 0 Å². The number of hydrogen-bond acceptors (Lipinski definition) is 2. The summed E-state index contributed by atoms with van der Waals surface area (Å²) in [7, 11) is 0. The van der Waals surface area contributed by atoms with Gasteiger partial charge in [0.25, 0.3) is 5.91 Å². The van der Waals surface area contributed by atoms with Gasteiger partial charge in [0.15, 0.2) is 0 Å². The predicted molar refractivity (Wildman–Crippen MR) is 70.4 cm³/mol. The zero-order valence-electron chi connectivity index (χ0n) is 10.9. The normalized spacial score (nSPS) is 10.4. The Morgan fingerprint density at radius 2 is 2.00 bits per heavy atom. The minimum atomic E-state index is -0.0481. The molecule has 0 radical (unpaired) electrons. The van der Waals surface area contributed by atoms with E-state index in [1.54, 1.807) is 0 Å². The Morgan fingerprint density at radius 3 is 2.61 bits per heavy atom. The first-order valence-electron chi connectivity index (χ1n) is 5.94. The average molecular weight is 243 g/mol. The molecular formula is C14H17N3O. The number of amides is 1. The third-order valence-corrected chi connectivity index (χ3v) is 3.10. The van der Waals surface area contributed by atoms with Crippen LogP contribution in [0, 0.1) is 20.8 Å². The van der Waals surface area contributed by atoms with Gasteiger partial charge in [-0.25, -0.2) is 0 Å². The molecule has 4 nitrogen and oxygen atoms in total. The fraction of sp³-hybridized carbons (Fsp3) is 0.286. The molecule has 0 unspecified atom stereocenters. The monoisotopic (exact) mass is 243 g/mol. The van der Waals surface area contributed by atoms with Gasteiger partial charge in [-0.15, -0.1) is 0 Å². The maximum Gasteiger partial charge on any atom is 0.251 e. The molecule has 0 aliphatic heterocycles. The molecule has 0 aliphatic rings. The van der Waals surface area contributed by atoms with Gasteiger partial charge in [0, 0.05) is 23.4 Å². The fourth-order valence-electron chi connectivity index (χ4n) is 1.93. The Balaban J connectivity index is 2.08. The number of H-pyrrole nitrogens is 1. The first-order valence-corrected chi connectivity index (χ1v) is 5.94. The van der Waals surface area contributed by atoms with Gasteiger partial charge in [0.05, 0.1) is 5.69 Å². The van der Waals surface area contributed by atoms with E-state index in [4.69, 9.17) is 0 Å². The molecule has 2 rings (SSSR count). The number of carbonyl (C=O) groups is 1. The van der Waals surface area contributed by atoms with Crippen LogP contribution in [-0.2, 0) is 6.54 Å². The second-order valence-corrected chi connectivity index (χ2v) is 4.41. The Labute approximate surface area is 106 Å². The molecule has 1 aromatic carbocycles. The van der Waals surface area contributed by atoms with E-state index in [0.29, 0.717) is 6.54 Å². The van der Waals surface area contributed by atoms with E-state index >= 15 is 0 Å². The summed E-state index contributed by atoms with van der Waals surface area (Å²) in [4.78, 5) is 12.0. The van der Waals surface area contributed by atoms with Gasteiger partial charge in [0.2, 0.25) is 0 Å². The molecule has 0 aliphatic carbocycles. The number of nitrogens with zero attached hydrogens (tertiary/aromatic N) is 1. The number of carbonyl (C=O) groups excluding carboxylic acids is 1. The standard InChI is InChI=1S/C14H17N3O/c1-9-6-4-5-7-12(9)14(18)15-8-13-10(2)16-17-11(13)3/h4-7H,8H2,1-3H3,(H,15,18)(H,16,17). The smallest absolute Gasteiger partial charge is 0.251 e. The minimum absolute atomic E-state index is 0.0481. The van der Waals surface area contributed by atoms with E-state index in [2.05, 4.69) is 15.5 Å². The van der Waals surface area contributed by atoms with Crippen LogP contribution in [0.2, 0.25) is 0 Å². The first-order chi connectivity index (χ1) is 8.59. The molecular weight excluding hydrogens is 226 g/mol. The van der Waals surface area contributed by atoms with Gasteiger partial charge in [-0.1, -0.05) is 18.2 Å². The maximum absolute atomic E-state index is 12.0. The Hall–Kier alpha value is -2.10. The number of hydrogen-bond donors (Lipinski definition) is 2. The quantitative estimate of drug-likeness (QED) is 0.868. The molecule has 18 heavy (non-hydrogen) atoms. The highest BCUT2D eigenvalue weighted by Crippen LogP contribution is 2.10. The summed E-state index contributed by atoms with van der Waals surface area (Å²) >= 11 is 0. The largest absolute Gasteiger partial charge is 0.348 e. The lowest BCUT2D eigenvalue weighted by atomic mass is 10.1. The van der Waals surface area contributed by atoms with Crippen LogP contribution in [0.4, 0.5) is 0 Å². The highest BCUT2D eigenvalue weighted by atomic mass is 16.1. The van der Waals surface area contributed by atoms with Crippen molar-refractivity contribution < 1.29 is 4.79 Å². The van der Waals surface area contributed by atoms with Crippen molar-refractivity contribution in [2.75, 3.05) is 0 Å². The predicted octanol–water partition coefficient (Wildman–Crippen LogP) is 2.26. The topological polar surface area (TPSA) is 57.8 Å². The summed E-state index contributed by atoms with van der Waals surface area (Å²) < 4.78 is 0. The van der Waals surface area contributed by atoms with Gasteiger partial charge < -0.3 is 5.32 Å². The molecule has 1 heterocycles. The molecule has 1 amide bonds. The lowest BCUT2D eigenvalue weighted by molar-refractivity contribution is 0.0950. The zero-order valence-corrected chi connectivity index (χ0v) is 10.9. The van der Waals surface area contributed by atoms with Crippen LogP contribution in [0.1, 0.15) is 32.9 Å². The number of aromatic nitrogens is 2. The summed E-state index contributed by atoms with van der Waals surface area (Å²) in [5.74, 6) is -0.0481. The fourth-order valence-corrected chi connectivity index (χ4v) is 1.93. The molecule has 0 fully saturated rings. The van der Waals surface area contributed by atoms with E-state index in [1.165, 1.54) is 0 Å². The van der Waals surface area contributed by atoms with E-state index in [0.717, 1.165) is 28.1 Å². The lowest BCUT2D eigenvalue weighted by Crippen LogP contribution is -2.24. The van der Waals surface area contributed by atoms with Crippen molar-refractivity contribution in [3.05, 3.63) is 52.3 Å². The zero-order chi connectivity index (χ0) is 13.1. The van der Waals surface area contributed by atoms with Crippen LogP contribution in [0.5, 0.6) is 0 Å². The van der Waals surface area contributed by atoms with Crippen molar-refractivity contribution >= 4 is 5.91 Å². The average Bonchev–Trinajstić information content (AvgIpc) is 2.67. The van der Waals surface area contributed by atoms with Crippen molar-refractivity contribution in [3.8, 4) is 0 Å². The summed E-state index contributed by atoms with van der Waals surface area (Å²) in [6.45, 7) is 6.32. The van der Waals surface area contributed by atoms with Gasteiger partial charge in [-0.2, -0.15) is 5.10 Å². The molecule has 94 valence electrons. The van der Waals surface area contributed by atoms with Gasteiger partial charge in [0.1, 0.15) is 0 Å². The van der Waals surface area contributed by atoms with Crippen LogP contribution in [0.3, 0.4) is 0 Å². The number of rotatable bonds is 3. The Kier molecular flexibility index (Phi) is 3.46. The second-order valence-electron chi connectivity index (χ2n) is 4.41. The molecule has 0 spiro atoms. The lowest BCUT2D eigenvalue weighted by Gasteiger charge is -2.07. The molecule has 2 aromatic rings. The third kappa shape index (κ3) is 2.42. The number of benzene rings is 1. The molecule has 0 saturated carbocycles. The molecule has 4 heteroatoms. The first kappa shape index (κ1) is 12.4. The third-order valence-electron chi connectivity index (χ3n) is 3.10. The van der Waals surface area contributed by atoms with Crippen LogP contribution in [-0.4, -0.2) is 16.1 Å². The Bertz CT molecular complexity index is 553. The molecule has 2 N–H and O–H groups in total. The van der Waals surface area contributed by atoms with Crippen molar-refractivity contribution in [2.45, 2.75) is 27.3 Å². The van der Waals surface area contributed by atoms with Crippen LogP contribution < -0.4 is 5.32 Å². The van der Waals surface area contributed by atoms with Crippen molar-refractivity contribution in [1.29, 1.82) is 0 Å². The van der Waals surface area contributed by atoms with Gasteiger partial charge in [-0.3, -0.25) is 9.89 Å². The second kappa shape index (κ2) is 5.04. The van der Waals surface area contributed by atoms with E-state index in [-0.39, 0.29) is 5.91 Å². The van der Waals surface area contributed by atoms with Crippen LogP contribution in [0.25, 0.3) is 0 Å². The molecule has 0 bridgehead atoms. The van der Waals surface area contributed by atoms with Gasteiger partial charge >= 0.3 is 0 Å². The maximum atomic E-state index is 12.0. The number of aryl methyl sites for hydroxylation is 3. The van der Waals surface area contributed by atoms with E-state index in [9.17, 15) is 4.79 Å². The Morgan fingerprint density at radius 1 is 1.28 bits per heavy atom. The molecule has 1 aromatic heterocycles. The summed E-state index contributed by atoms with van der Waals surface area (Å²) in [5.41, 5.74) is 4.68. The van der Waals surface area contributed by atoms with Gasteiger partial charge in [-0.05, 0) is 32.4 Å². The van der Waals surface area contributed by atoms with Crippen molar-refractivity contribution in [3.63, 3.8) is 0 Å². The summed E-state index contributed by atoms with van der Waals surface area (Å²) in [6.07, 6.45) is 0. The number of aromatic amines is 1. The van der Waals surface area contributed by atoms with E-state index in [1.807, 2.05) is 45.0 Å². The molecule has 0 saturated heterocycles. The molecule has 0 atom stereocenters. The summed E-state index contributed by atoms with van der Waals surface area (Å²) in [5, 5.41) is 9.94. The van der Waals surface area contributed by atoms with Crippen LogP contribution >= 0.6 is 0 Å².